The summed E-state index contributed by atoms with van der Waals surface area (Å²) in [5, 5.41) is 8.98. The zero-order valence-corrected chi connectivity index (χ0v) is 12.5. The van der Waals surface area contributed by atoms with E-state index in [9.17, 15) is 0 Å². The molecule has 0 N–H and O–H groups in total. The van der Waals surface area contributed by atoms with Crippen molar-refractivity contribution >= 4 is 0 Å². The summed E-state index contributed by atoms with van der Waals surface area (Å²) in [4.78, 5) is 0. The molecule has 0 amide bonds. The van der Waals surface area contributed by atoms with Crippen LogP contribution in [0.3, 0.4) is 0 Å². The van der Waals surface area contributed by atoms with E-state index in [2.05, 4.69) is 61.5 Å². The molecule has 0 aromatic heterocycles. The number of nitrogens with zero attached hydrogens (tertiary/aromatic N) is 1. The van der Waals surface area contributed by atoms with Crippen molar-refractivity contribution in [2.24, 2.45) is 5.92 Å². The third kappa shape index (κ3) is 3.16. The molecule has 1 saturated carbocycles. The highest BCUT2D eigenvalue weighted by Gasteiger charge is 2.21. The first-order valence-electron chi connectivity index (χ1n) is 7.83. The molecule has 1 nitrogen and oxygen atoms in total. The van der Waals surface area contributed by atoms with Crippen LogP contribution in [0, 0.1) is 24.2 Å². The Hall–Kier alpha value is -2.07. The van der Waals surface area contributed by atoms with Gasteiger partial charge in [-0.15, -0.1) is 0 Å². The van der Waals surface area contributed by atoms with Gasteiger partial charge in [-0.1, -0.05) is 54.1 Å². The molecule has 0 aliphatic heterocycles. The number of benzene rings is 2. The van der Waals surface area contributed by atoms with Gasteiger partial charge in [-0.05, 0) is 55.2 Å². The Morgan fingerprint density at radius 2 is 1.33 bits per heavy atom. The van der Waals surface area contributed by atoms with E-state index in [0.29, 0.717) is 5.92 Å². The van der Waals surface area contributed by atoms with E-state index in [0.717, 1.165) is 25.7 Å². The minimum Gasteiger partial charge on any atom is -0.198 e. The summed E-state index contributed by atoms with van der Waals surface area (Å²) >= 11 is 0. The summed E-state index contributed by atoms with van der Waals surface area (Å²) in [6.07, 6.45) is 4.42. The standard InChI is InChI=1S/C20H21N/c1-15-2-6-17(7-3-15)19-10-12-20(13-11-19)18-8-4-16(14-21)5-9-18/h2-3,6-7,10-13,16,18H,4-5,8-9H2,1H3. The van der Waals surface area contributed by atoms with Gasteiger partial charge in [0.25, 0.3) is 0 Å². The minimum absolute atomic E-state index is 0.285. The van der Waals surface area contributed by atoms with Gasteiger partial charge in [0.1, 0.15) is 0 Å². The van der Waals surface area contributed by atoms with Crippen LogP contribution in [-0.4, -0.2) is 0 Å². The van der Waals surface area contributed by atoms with Crippen LogP contribution in [0.25, 0.3) is 11.1 Å². The van der Waals surface area contributed by atoms with Gasteiger partial charge in [-0.25, -0.2) is 0 Å². The fraction of sp³-hybridized carbons (Fsp3) is 0.350. The number of nitriles is 1. The van der Waals surface area contributed by atoms with Gasteiger partial charge in [-0.3, -0.25) is 0 Å². The fourth-order valence-electron chi connectivity index (χ4n) is 3.25. The van der Waals surface area contributed by atoms with Crippen molar-refractivity contribution < 1.29 is 0 Å². The first-order chi connectivity index (χ1) is 10.3. The third-order valence-corrected chi connectivity index (χ3v) is 4.68. The number of hydrogen-bond donors (Lipinski definition) is 0. The SMILES string of the molecule is Cc1ccc(-c2ccc(C3CCC(C#N)CC3)cc2)cc1. The van der Waals surface area contributed by atoms with Gasteiger partial charge in [0.2, 0.25) is 0 Å². The van der Waals surface area contributed by atoms with Crippen molar-refractivity contribution in [1.29, 1.82) is 5.26 Å². The summed E-state index contributed by atoms with van der Waals surface area (Å²) in [5.74, 6) is 0.926. The van der Waals surface area contributed by atoms with Crippen LogP contribution >= 0.6 is 0 Å². The normalized spacial score (nSPS) is 21.7. The molecule has 21 heavy (non-hydrogen) atoms. The molecule has 2 aromatic carbocycles. The summed E-state index contributed by atoms with van der Waals surface area (Å²) in [7, 11) is 0. The maximum absolute atomic E-state index is 8.98. The smallest absolute Gasteiger partial charge is 0.0655 e. The average molecular weight is 275 g/mol. The molecule has 1 fully saturated rings. The Morgan fingerprint density at radius 1 is 0.810 bits per heavy atom. The molecule has 3 rings (SSSR count). The van der Waals surface area contributed by atoms with E-state index in [1.807, 2.05) is 0 Å². The van der Waals surface area contributed by atoms with Crippen molar-refractivity contribution in [2.45, 2.75) is 38.5 Å². The molecule has 106 valence electrons. The molecule has 0 spiro atoms. The van der Waals surface area contributed by atoms with E-state index in [-0.39, 0.29) is 5.92 Å². The summed E-state index contributed by atoms with van der Waals surface area (Å²) in [6, 6.07) is 20.1. The lowest BCUT2D eigenvalue weighted by Crippen LogP contribution is -2.11. The highest BCUT2D eigenvalue weighted by atomic mass is 14.3. The van der Waals surface area contributed by atoms with E-state index in [1.165, 1.54) is 22.3 Å². The molecule has 0 atom stereocenters. The lowest BCUT2D eigenvalue weighted by Gasteiger charge is -2.25. The van der Waals surface area contributed by atoms with E-state index in [1.54, 1.807) is 0 Å². The molecule has 1 aliphatic carbocycles. The van der Waals surface area contributed by atoms with Gasteiger partial charge >= 0.3 is 0 Å². The Morgan fingerprint density at radius 3 is 1.86 bits per heavy atom. The number of aryl methyl sites for hydroxylation is 1. The Bertz CT molecular complexity index is 623. The van der Waals surface area contributed by atoms with Crippen molar-refractivity contribution in [3.8, 4) is 17.2 Å². The maximum atomic E-state index is 8.98. The molecular formula is C20H21N. The quantitative estimate of drug-likeness (QED) is 0.714. The largest absolute Gasteiger partial charge is 0.198 e. The van der Waals surface area contributed by atoms with Crippen molar-refractivity contribution in [3.63, 3.8) is 0 Å². The molecule has 0 saturated heterocycles. The first-order valence-corrected chi connectivity index (χ1v) is 7.83. The third-order valence-electron chi connectivity index (χ3n) is 4.68. The second-order valence-electron chi connectivity index (χ2n) is 6.17. The molecule has 0 heterocycles. The average Bonchev–Trinajstić information content (AvgIpc) is 2.56. The molecule has 0 bridgehead atoms. The predicted octanol–water partition coefficient (Wildman–Crippen LogP) is 5.46. The van der Waals surface area contributed by atoms with Gasteiger partial charge in [-0.2, -0.15) is 5.26 Å². The Kier molecular flexibility index (Phi) is 4.06. The van der Waals surface area contributed by atoms with Crippen LogP contribution in [0.2, 0.25) is 0 Å². The van der Waals surface area contributed by atoms with Crippen molar-refractivity contribution in [2.75, 3.05) is 0 Å². The highest BCUT2D eigenvalue weighted by Crippen LogP contribution is 2.36. The van der Waals surface area contributed by atoms with Crippen molar-refractivity contribution in [1.82, 2.24) is 0 Å². The maximum Gasteiger partial charge on any atom is 0.0655 e. The van der Waals surface area contributed by atoms with Crippen molar-refractivity contribution in [3.05, 3.63) is 59.7 Å². The number of rotatable bonds is 2. The molecule has 2 aromatic rings. The van der Waals surface area contributed by atoms with Crippen LogP contribution in [0.5, 0.6) is 0 Å². The summed E-state index contributed by atoms with van der Waals surface area (Å²) in [6.45, 7) is 2.12. The predicted molar refractivity (Wildman–Crippen MR) is 86.9 cm³/mol. The van der Waals surface area contributed by atoms with E-state index >= 15 is 0 Å². The fourth-order valence-corrected chi connectivity index (χ4v) is 3.25. The van der Waals surface area contributed by atoms with Gasteiger partial charge in [0.05, 0.1) is 6.07 Å². The second kappa shape index (κ2) is 6.14. The zero-order chi connectivity index (χ0) is 14.7. The summed E-state index contributed by atoms with van der Waals surface area (Å²) < 4.78 is 0. The Balaban J connectivity index is 1.73. The second-order valence-corrected chi connectivity index (χ2v) is 6.17. The minimum atomic E-state index is 0.285. The molecule has 1 aliphatic rings. The molecular weight excluding hydrogens is 254 g/mol. The van der Waals surface area contributed by atoms with Gasteiger partial charge < -0.3 is 0 Å². The molecule has 1 heteroatoms. The van der Waals surface area contributed by atoms with Gasteiger partial charge in [0.15, 0.2) is 0 Å². The van der Waals surface area contributed by atoms with Crippen LogP contribution in [-0.2, 0) is 0 Å². The lowest BCUT2D eigenvalue weighted by molar-refractivity contribution is 0.382. The van der Waals surface area contributed by atoms with Crippen LogP contribution in [0.15, 0.2) is 48.5 Å². The summed E-state index contributed by atoms with van der Waals surface area (Å²) in [5.41, 5.74) is 5.29. The van der Waals surface area contributed by atoms with Crippen LogP contribution < -0.4 is 0 Å². The first kappa shape index (κ1) is 13.9. The highest BCUT2D eigenvalue weighted by molar-refractivity contribution is 5.64. The molecule has 0 radical (unpaired) electrons. The van der Waals surface area contributed by atoms with Gasteiger partial charge in [0, 0.05) is 5.92 Å². The van der Waals surface area contributed by atoms with Crippen LogP contribution in [0.1, 0.15) is 42.7 Å². The van der Waals surface area contributed by atoms with Crippen LogP contribution in [0.4, 0.5) is 0 Å². The monoisotopic (exact) mass is 275 g/mol. The van der Waals surface area contributed by atoms with E-state index < -0.39 is 0 Å². The number of hydrogen-bond acceptors (Lipinski definition) is 1. The molecule has 0 unspecified atom stereocenters. The lowest BCUT2D eigenvalue weighted by atomic mass is 9.79. The Labute approximate surface area is 127 Å². The topological polar surface area (TPSA) is 23.8 Å². The zero-order valence-electron chi connectivity index (χ0n) is 12.5. The van der Waals surface area contributed by atoms with E-state index in [4.69, 9.17) is 5.26 Å².